The number of anilines is 2. The Morgan fingerprint density at radius 2 is 1.26 bits per heavy atom. The van der Waals surface area contributed by atoms with Crippen molar-refractivity contribution in [1.29, 1.82) is 0 Å². The monoisotopic (exact) mass is 646 g/mol. The highest BCUT2D eigenvalue weighted by molar-refractivity contribution is 6.00. The molecule has 0 N–H and O–H groups in total. The van der Waals surface area contributed by atoms with E-state index in [0.717, 1.165) is 5.69 Å². The van der Waals surface area contributed by atoms with E-state index in [4.69, 9.17) is 0 Å². The minimum absolute atomic E-state index is 0.107. The number of hydrogen-bond acceptors (Lipinski definition) is 1. The predicted octanol–water partition coefficient (Wildman–Crippen LogP) is 12.8. The zero-order valence-corrected chi connectivity index (χ0v) is 29.2. The van der Waals surface area contributed by atoms with Crippen molar-refractivity contribution in [2.75, 3.05) is 4.90 Å². The van der Waals surface area contributed by atoms with Crippen molar-refractivity contribution in [3.63, 3.8) is 0 Å². The van der Waals surface area contributed by atoms with Gasteiger partial charge in [0, 0.05) is 39.5 Å². The number of rotatable bonds is 8. The van der Waals surface area contributed by atoms with Gasteiger partial charge in [-0.25, -0.2) is 0 Å². The van der Waals surface area contributed by atoms with Crippen molar-refractivity contribution in [3.8, 4) is 28.1 Å². The molecule has 1 aliphatic carbocycles. The highest BCUT2D eigenvalue weighted by Gasteiger charge is 2.40. The summed E-state index contributed by atoms with van der Waals surface area (Å²) in [7, 11) is 0. The summed E-state index contributed by atoms with van der Waals surface area (Å²) >= 11 is 0. The third-order valence-electron chi connectivity index (χ3n) is 10.4. The zero-order valence-electron chi connectivity index (χ0n) is 29.2. The van der Waals surface area contributed by atoms with Crippen molar-refractivity contribution < 1.29 is 0 Å². The number of benzene rings is 6. The first-order valence-corrected chi connectivity index (χ1v) is 17.6. The fraction of sp³-hybridized carbons (Fsp3) is 0.125. The normalized spacial score (nSPS) is 14.1. The third kappa shape index (κ3) is 5.38. The Morgan fingerprint density at radius 1 is 0.660 bits per heavy atom. The summed E-state index contributed by atoms with van der Waals surface area (Å²) in [5, 5.41) is 1.31. The van der Waals surface area contributed by atoms with E-state index in [1.807, 2.05) is 0 Å². The van der Waals surface area contributed by atoms with Crippen molar-refractivity contribution in [1.82, 2.24) is 4.57 Å². The molecular weight excluding hydrogens is 605 g/mol. The van der Waals surface area contributed by atoms with Gasteiger partial charge in [-0.2, -0.15) is 0 Å². The predicted molar refractivity (Wildman–Crippen MR) is 214 cm³/mol. The summed E-state index contributed by atoms with van der Waals surface area (Å²) in [6.45, 7) is 9.17. The van der Waals surface area contributed by atoms with E-state index in [2.05, 4.69) is 213 Å². The van der Waals surface area contributed by atoms with Gasteiger partial charge in [0.05, 0.1) is 11.2 Å². The summed E-state index contributed by atoms with van der Waals surface area (Å²) in [4.78, 5) is 2.41. The van der Waals surface area contributed by atoms with Crippen LogP contribution >= 0.6 is 0 Å². The molecule has 0 saturated heterocycles. The smallest absolute Gasteiger partial charge is 0.0584 e. The van der Waals surface area contributed by atoms with Crippen LogP contribution in [0.3, 0.4) is 0 Å². The fourth-order valence-electron chi connectivity index (χ4n) is 7.91. The van der Waals surface area contributed by atoms with Gasteiger partial charge in [-0.1, -0.05) is 141 Å². The quantitative estimate of drug-likeness (QED) is 0.149. The highest BCUT2D eigenvalue weighted by Crippen LogP contribution is 2.53. The molecule has 0 amide bonds. The minimum Gasteiger partial charge on any atom is -0.335 e. The van der Waals surface area contributed by atoms with Gasteiger partial charge in [0.2, 0.25) is 0 Å². The van der Waals surface area contributed by atoms with Crippen LogP contribution in [0.25, 0.3) is 44.5 Å². The first kappa shape index (κ1) is 31.4. The molecule has 1 heterocycles. The molecule has 244 valence electrons. The molecule has 2 heteroatoms. The molecule has 0 saturated carbocycles. The van der Waals surface area contributed by atoms with Gasteiger partial charge in [0.15, 0.2) is 0 Å². The van der Waals surface area contributed by atoms with Crippen LogP contribution in [0.4, 0.5) is 11.4 Å². The maximum atomic E-state index is 2.47. The fourth-order valence-corrected chi connectivity index (χ4v) is 7.91. The molecule has 50 heavy (non-hydrogen) atoms. The van der Waals surface area contributed by atoms with Gasteiger partial charge in [-0.15, -0.1) is 0 Å². The van der Waals surface area contributed by atoms with Gasteiger partial charge in [-0.05, 0) is 95.8 Å². The van der Waals surface area contributed by atoms with Crippen LogP contribution in [0.2, 0.25) is 0 Å². The minimum atomic E-state index is -0.116. The number of hydrogen-bond donors (Lipinski definition) is 0. The topological polar surface area (TPSA) is 8.17 Å². The third-order valence-corrected chi connectivity index (χ3v) is 10.4. The van der Waals surface area contributed by atoms with E-state index in [1.165, 1.54) is 66.9 Å². The molecule has 1 unspecified atom stereocenters. The lowest BCUT2D eigenvalue weighted by molar-refractivity contribution is 0.666. The van der Waals surface area contributed by atoms with E-state index in [0.29, 0.717) is 0 Å². The Kier molecular flexibility index (Phi) is 8.09. The molecule has 1 aliphatic rings. The number of para-hydroxylation sites is 2. The van der Waals surface area contributed by atoms with Crippen molar-refractivity contribution in [3.05, 3.63) is 193 Å². The average molecular weight is 647 g/mol. The van der Waals surface area contributed by atoms with Gasteiger partial charge in [0.1, 0.15) is 0 Å². The van der Waals surface area contributed by atoms with Crippen LogP contribution in [0.5, 0.6) is 0 Å². The van der Waals surface area contributed by atoms with Gasteiger partial charge in [0.25, 0.3) is 0 Å². The maximum Gasteiger partial charge on any atom is 0.0584 e. The Balaban J connectivity index is 1.17. The standard InChI is InChI=1S/C48H42N2/c1-5-35(26-25-34(2)49(39-19-11-7-12-20-39)41-30-27-37(28-31-41)36-17-9-6-10-18-36)38-29-32-45-43(33-38)46-47(50(45)40-21-13-8-14-22-40)42-23-15-16-24-44(42)48(46,3)4/h5-34H,1-4H3/b26-25-,35-5+. The number of allylic oxidation sites excluding steroid dienone is 3. The average Bonchev–Trinajstić information content (AvgIpc) is 3.63. The van der Waals surface area contributed by atoms with Crippen LogP contribution in [0, 0.1) is 0 Å². The van der Waals surface area contributed by atoms with E-state index < -0.39 is 0 Å². The molecule has 2 nitrogen and oxygen atoms in total. The van der Waals surface area contributed by atoms with Gasteiger partial charge in [-0.3, -0.25) is 0 Å². The summed E-state index contributed by atoms with van der Waals surface area (Å²) in [6.07, 6.45) is 6.87. The molecule has 0 fully saturated rings. The number of aromatic nitrogens is 1. The summed E-state index contributed by atoms with van der Waals surface area (Å²) in [5.74, 6) is 0. The molecule has 8 rings (SSSR count). The van der Waals surface area contributed by atoms with Crippen LogP contribution in [-0.2, 0) is 5.41 Å². The van der Waals surface area contributed by atoms with Gasteiger partial charge < -0.3 is 9.47 Å². The molecule has 7 aromatic rings. The second-order valence-electron chi connectivity index (χ2n) is 13.8. The molecule has 6 aromatic carbocycles. The second-order valence-corrected chi connectivity index (χ2v) is 13.8. The maximum absolute atomic E-state index is 2.47. The van der Waals surface area contributed by atoms with Crippen LogP contribution in [-0.4, -0.2) is 10.6 Å². The molecule has 0 aliphatic heterocycles. The van der Waals surface area contributed by atoms with Crippen molar-refractivity contribution in [2.24, 2.45) is 0 Å². The number of fused-ring (bicyclic) bond motifs is 5. The van der Waals surface area contributed by atoms with Crippen molar-refractivity contribution in [2.45, 2.75) is 39.2 Å². The molecule has 0 spiro atoms. The first-order chi connectivity index (χ1) is 24.5. The SMILES string of the molecule is C/C=C(\C=C/C(C)N(c1ccccc1)c1ccc(-c2ccccc2)cc1)c1ccc2c(c1)c1c(n2-c2ccccc2)-c2ccccc2C1(C)C. The first-order valence-electron chi connectivity index (χ1n) is 17.6. The van der Waals surface area contributed by atoms with E-state index in [1.54, 1.807) is 0 Å². The van der Waals surface area contributed by atoms with Crippen LogP contribution in [0.1, 0.15) is 44.4 Å². The summed E-state index contributed by atoms with van der Waals surface area (Å²) < 4.78 is 2.47. The lowest BCUT2D eigenvalue weighted by atomic mass is 9.81. The van der Waals surface area contributed by atoms with Crippen LogP contribution in [0.15, 0.2) is 176 Å². The molecule has 1 atom stereocenters. The number of nitrogens with zero attached hydrogens (tertiary/aromatic N) is 2. The summed E-state index contributed by atoms with van der Waals surface area (Å²) in [5.41, 5.74) is 15.0. The van der Waals surface area contributed by atoms with Gasteiger partial charge >= 0.3 is 0 Å². The lowest BCUT2D eigenvalue weighted by Gasteiger charge is -2.30. The lowest BCUT2D eigenvalue weighted by Crippen LogP contribution is -2.26. The Labute approximate surface area is 296 Å². The highest BCUT2D eigenvalue weighted by atomic mass is 15.2. The van der Waals surface area contributed by atoms with Crippen molar-refractivity contribution >= 4 is 27.9 Å². The van der Waals surface area contributed by atoms with Crippen LogP contribution < -0.4 is 4.90 Å². The Bertz CT molecular complexity index is 2340. The summed E-state index contributed by atoms with van der Waals surface area (Å²) in [6, 6.07) is 57.1. The van der Waals surface area contributed by atoms with E-state index >= 15 is 0 Å². The van der Waals surface area contributed by atoms with E-state index in [-0.39, 0.29) is 11.5 Å². The largest absolute Gasteiger partial charge is 0.335 e. The second kappa shape index (κ2) is 12.9. The molecule has 0 bridgehead atoms. The Morgan fingerprint density at radius 3 is 1.96 bits per heavy atom. The zero-order chi connectivity index (χ0) is 34.2. The molecule has 0 radical (unpaired) electrons. The molecular formula is C48H42N2. The van der Waals surface area contributed by atoms with E-state index in [9.17, 15) is 0 Å². The Hall–Kier alpha value is -5.86. The molecule has 1 aromatic heterocycles.